The normalized spacial score (nSPS) is 12.4. The molecule has 0 atom stereocenters. The van der Waals surface area contributed by atoms with Crippen LogP contribution in [0.3, 0.4) is 0 Å². The molecule has 0 fully saturated rings. The Bertz CT molecular complexity index is 558. The van der Waals surface area contributed by atoms with Crippen LogP contribution in [0.15, 0.2) is 18.2 Å². The number of alkyl halides is 3. The second-order valence-electron chi connectivity index (χ2n) is 4.15. The van der Waals surface area contributed by atoms with Crippen LogP contribution in [0.2, 0.25) is 0 Å². The molecule has 0 aliphatic carbocycles. The molecule has 0 saturated carbocycles. The van der Waals surface area contributed by atoms with Gasteiger partial charge in [0.25, 0.3) is 0 Å². The van der Waals surface area contributed by atoms with Crippen LogP contribution in [0.25, 0.3) is 0 Å². The van der Waals surface area contributed by atoms with Gasteiger partial charge in [0.2, 0.25) is 10.0 Å². The van der Waals surface area contributed by atoms with Gasteiger partial charge in [-0.15, -0.1) is 0 Å². The summed E-state index contributed by atoms with van der Waals surface area (Å²) in [7, 11) is -3.93. The zero-order valence-electron chi connectivity index (χ0n) is 10.4. The highest BCUT2D eigenvalue weighted by molar-refractivity contribution is 7.92. The number of nitrogens with one attached hydrogen (secondary N) is 1. The quantitative estimate of drug-likeness (QED) is 0.792. The van der Waals surface area contributed by atoms with Gasteiger partial charge in [-0.3, -0.25) is 4.72 Å². The molecule has 0 spiro atoms. The van der Waals surface area contributed by atoms with E-state index in [0.717, 1.165) is 12.1 Å². The standard InChI is InChI=1S/C11H14F4N2O2S/c12-9-2-3-10(8(6-9)7-16)17-20(18,19)5-1-4-11(13,14)15/h2-3,6,17H,1,4-5,7,16H2. The first-order chi connectivity index (χ1) is 9.13. The first-order valence-electron chi connectivity index (χ1n) is 5.69. The molecular weight excluding hydrogens is 300 g/mol. The predicted molar refractivity (Wildman–Crippen MR) is 67.0 cm³/mol. The average Bonchev–Trinajstić information content (AvgIpc) is 2.29. The lowest BCUT2D eigenvalue weighted by molar-refractivity contribution is -0.134. The van der Waals surface area contributed by atoms with E-state index in [1.807, 2.05) is 0 Å². The smallest absolute Gasteiger partial charge is 0.326 e. The van der Waals surface area contributed by atoms with E-state index in [-0.39, 0.29) is 17.8 Å². The van der Waals surface area contributed by atoms with Crippen molar-refractivity contribution >= 4 is 15.7 Å². The zero-order chi connectivity index (χ0) is 15.4. The Balaban J connectivity index is 2.71. The molecule has 0 bridgehead atoms. The van der Waals surface area contributed by atoms with Crippen molar-refractivity contribution in [2.75, 3.05) is 10.5 Å². The van der Waals surface area contributed by atoms with Crippen molar-refractivity contribution < 1.29 is 26.0 Å². The molecule has 0 heterocycles. The maximum absolute atomic E-state index is 12.9. The second-order valence-corrected chi connectivity index (χ2v) is 5.99. The van der Waals surface area contributed by atoms with Crippen molar-refractivity contribution in [3.63, 3.8) is 0 Å². The lowest BCUT2D eigenvalue weighted by Crippen LogP contribution is -2.20. The van der Waals surface area contributed by atoms with E-state index in [9.17, 15) is 26.0 Å². The SMILES string of the molecule is NCc1cc(F)ccc1NS(=O)(=O)CCCC(F)(F)F. The van der Waals surface area contributed by atoms with Gasteiger partial charge in [-0.05, 0) is 30.2 Å². The highest BCUT2D eigenvalue weighted by Gasteiger charge is 2.27. The van der Waals surface area contributed by atoms with Crippen LogP contribution in [0.4, 0.5) is 23.2 Å². The molecule has 114 valence electrons. The summed E-state index contributed by atoms with van der Waals surface area (Å²) in [5.74, 6) is -1.25. The van der Waals surface area contributed by atoms with Gasteiger partial charge in [-0.1, -0.05) is 0 Å². The highest BCUT2D eigenvalue weighted by Crippen LogP contribution is 2.22. The molecule has 0 saturated heterocycles. The third kappa shape index (κ3) is 5.74. The number of anilines is 1. The fourth-order valence-corrected chi connectivity index (χ4v) is 2.67. The molecule has 0 radical (unpaired) electrons. The summed E-state index contributed by atoms with van der Waals surface area (Å²) in [6.07, 6.45) is -6.12. The highest BCUT2D eigenvalue weighted by atomic mass is 32.2. The molecule has 0 aromatic heterocycles. The number of nitrogens with two attached hydrogens (primary N) is 1. The van der Waals surface area contributed by atoms with Crippen molar-refractivity contribution in [2.45, 2.75) is 25.6 Å². The van der Waals surface area contributed by atoms with Gasteiger partial charge in [0.05, 0.1) is 11.4 Å². The van der Waals surface area contributed by atoms with E-state index in [4.69, 9.17) is 5.73 Å². The summed E-state index contributed by atoms with van der Waals surface area (Å²) in [5.41, 5.74) is 5.64. The Hall–Kier alpha value is -1.35. The molecule has 0 unspecified atom stereocenters. The van der Waals surface area contributed by atoms with Crippen LogP contribution in [-0.4, -0.2) is 20.3 Å². The van der Waals surface area contributed by atoms with Gasteiger partial charge in [-0.2, -0.15) is 13.2 Å². The Morgan fingerprint density at radius 2 is 1.90 bits per heavy atom. The molecule has 0 aliphatic rings. The minimum Gasteiger partial charge on any atom is -0.326 e. The van der Waals surface area contributed by atoms with Crippen LogP contribution >= 0.6 is 0 Å². The third-order valence-corrected chi connectivity index (χ3v) is 3.78. The predicted octanol–water partition coefficient (Wildman–Crippen LogP) is 2.37. The van der Waals surface area contributed by atoms with E-state index < -0.39 is 40.6 Å². The summed E-state index contributed by atoms with van der Waals surface area (Å²) in [6.45, 7) is -0.0990. The Morgan fingerprint density at radius 1 is 1.25 bits per heavy atom. The van der Waals surface area contributed by atoms with Crippen molar-refractivity contribution in [1.29, 1.82) is 0 Å². The lowest BCUT2D eigenvalue weighted by Gasteiger charge is -2.12. The summed E-state index contributed by atoms with van der Waals surface area (Å²) < 4.78 is 74.1. The number of sulfonamides is 1. The number of benzene rings is 1. The Morgan fingerprint density at radius 3 is 2.45 bits per heavy atom. The minimum atomic E-state index is -4.40. The van der Waals surface area contributed by atoms with Crippen LogP contribution in [0, 0.1) is 5.82 Å². The van der Waals surface area contributed by atoms with Gasteiger partial charge >= 0.3 is 6.18 Å². The monoisotopic (exact) mass is 314 g/mol. The molecule has 9 heteroatoms. The molecule has 0 amide bonds. The fourth-order valence-electron chi connectivity index (χ4n) is 1.51. The van der Waals surface area contributed by atoms with Gasteiger partial charge in [-0.25, -0.2) is 12.8 Å². The van der Waals surface area contributed by atoms with Crippen molar-refractivity contribution in [3.8, 4) is 0 Å². The second kappa shape index (κ2) is 6.40. The topological polar surface area (TPSA) is 72.2 Å². The third-order valence-electron chi connectivity index (χ3n) is 2.43. The summed E-state index contributed by atoms with van der Waals surface area (Å²) in [5, 5.41) is 0. The molecular formula is C11H14F4N2O2S. The van der Waals surface area contributed by atoms with Gasteiger partial charge in [0.15, 0.2) is 0 Å². The average molecular weight is 314 g/mol. The van der Waals surface area contributed by atoms with Crippen molar-refractivity contribution in [2.24, 2.45) is 5.73 Å². The Kier molecular flexibility index (Phi) is 5.35. The zero-order valence-corrected chi connectivity index (χ0v) is 11.2. The van der Waals surface area contributed by atoms with Gasteiger partial charge in [0.1, 0.15) is 5.82 Å². The van der Waals surface area contributed by atoms with Gasteiger partial charge in [0, 0.05) is 13.0 Å². The first kappa shape index (κ1) is 16.7. The minimum absolute atomic E-state index is 0.0703. The van der Waals surface area contributed by atoms with Crippen LogP contribution < -0.4 is 10.5 Å². The van der Waals surface area contributed by atoms with E-state index >= 15 is 0 Å². The summed E-state index contributed by atoms with van der Waals surface area (Å²) in [6, 6.07) is 3.28. The Labute approximate surface area is 114 Å². The maximum Gasteiger partial charge on any atom is 0.389 e. The lowest BCUT2D eigenvalue weighted by atomic mass is 10.2. The molecule has 1 aromatic rings. The van der Waals surface area contributed by atoms with E-state index in [1.165, 1.54) is 6.07 Å². The molecule has 4 nitrogen and oxygen atoms in total. The molecule has 0 aliphatic heterocycles. The maximum atomic E-state index is 12.9. The van der Waals surface area contributed by atoms with Crippen molar-refractivity contribution in [1.82, 2.24) is 0 Å². The molecule has 1 aromatic carbocycles. The summed E-state index contributed by atoms with van der Waals surface area (Å²) in [4.78, 5) is 0. The van der Waals surface area contributed by atoms with Crippen LogP contribution in [-0.2, 0) is 16.6 Å². The molecule has 20 heavy (non-hydrogen) atoms. The molecule has 1 rings (SSSR count). The summed E-state index contributed by atoms with van der Waals surface area (Å²) >= 11 is 0. The first-order valence-corrected chi connectivity index (χ1v) is 7.34. The van der Waals surface area contributed by atoms with Gasteiger partial charge < -0.3 is 5.73 Å². The number of hydrogen-bond donors (Lipinski definition) is 2. The van der Waals surface area contributed by atoms with Crippen LogP contribution in [0.1, 0.15) is 18.4 Å². The van der Waals surface area contributed by atoms with E-state index in [2.05, 4.69) is 4.72 Å². The number of halogens is 4. The molecule has 3 N–H and O–H groups in total. The fraction of sp³-hybridized carbons (Fsp3) is 0.455. The largest absolute Gasteiger partial charge is 0.389 e. The van der Waals surface area contributed by atoms with Crippen LogP contribution in [0.5, 0.6) is 0 Å². The van der Waals surface area contributed by atoms with Crippen molar-refractivity contribution in [3.05, 3.63) is 29.6 Å². The number of hydrogen-bond acceptors (Lipinski definition) is 3. The van der Waals surface area contributed by atoms with E-state index in [0.29, 0.717) is 0 Å². The van der Waals surface area contributed by atoms with E-state index in [1.54, 1.807) is 0 Å². The number of rotatable bonds is 6.